The number of fused-ring (bicyclic) bond motifs is 1. The van der Waals surface area contributed by atoms with Gasteiger partial charge in [-0.05, 0) is 0 Å². The van der Waals surface area contributed by atoms with Crippen LogP contribution in [-0.2, 0) is 0 Å². The SMILES string of the molecule is N#Cc1cnn2c(Cl)cc(-c3ccccc3)nc12. The Balaban J connectivity index is 2.30. The fourth-order valence-electron chi connectivity index (χ4n) is 1.76. The molecule has 0 aliphatic heterocycles. The third kappa shape index (κ3) is 1.62. The van der Waals surface area contributed by atoms with Crippen molar-refractivity contribution in [2.24, 2.45) is 0 Å². The van der Waals surface area contributed by atoms with Crippen LogP contribution in [0.3, 0.4) is 0 Å². The second kappa shape index (κ2) is 4.13. The van der Waals surface area contributed by atoms with Gasteiger partial charge in [-0.25, -0.2) is 9.50 Å². The molecule has 86 valence electrons. The van der Waals surface area contributed by atoms with Gasteiger partial charge in [0.25, 0.3) is 0 Å². The molecule has 0 saturated carbocycles. The van der Waals surface area contributed by atoms with Crippen LogP contribution >= 0.6 is 11.6 Å². The van der Waals surface area contributed by atoms with Crippen molar-refractivity contribution in [1.82, 2.24) is 14.6 Å². The molecular formula is C13H7ClN4. The lowest BCUT2D eigenvalue weighted by molar-refractivity contribution is 0.942. The molecule has 0 aliphatic carbocycles. The Morgan fingerprint density at radius 2 is 2.00 bits per heavy atom. The first kappa shape index (κ1) is 10.8. The van der Waals surface area contributed by atoms with Gasteiger partial charge >= 0.3 is 0 Å². The van der Waals surface area contributed by atoms with Gasteiger partial charge < -0.3 is 0 Å². The van der Waals surface area contributed by atoms with Crippen molar-refractivity contribution in [1.29, 1.82) is 5.26 Å². The predicted octanol–water partition coefficient (Wildman–Crippen LogP) is 2.92. The van der Waals surface area contributed by atoms with Gasteiger partial charge in [0.15, 0.2) is 5.65 Å². The molecule has 18 heavy (non-hydrogen) atoms. The van der Waals surface area contributed by atoms with E-state index in [9.17, 15) is 0 Å². The van der Waals surface area contributed by atoms with Crippen molar-refractivity contribution < 1.29 is 0 Å². The number of halogens is 1. The molecule has 0 atom stereocenters. The van der Waals surface area contributed by atoms with Crippen molar-refractivity contribution in [3.8, 4) is 17.3 Å². The van der Waals surface area contributed by atoms with Crippen LogP contribution in [0.15, 0.2) is 42.6 Å². The Hall–Kier alpha value is -2.38. The van der Waals surface area contributed by atoms with E-state index < -0.39 is 0 Å². The first-order valence-corrected chi connectivity index (χ1v) is 5.67. The maximum Gasteiger partial charge on any atom is 0.175 e. The van der Waals surface area contributed by atoms with E-state index in [0.717, 1.165) is 11.3 Å². The van der Waals surface area contributed by atoms with Gasteiger partial charge in [-0.2, -0.15) is 10.4 Å². The second-order valence-electron chi connectivity index (χ2n) is 3.74. The van der Waals surface area contributed by atoms with Crippen molar-refractivity contribution in [2.75, 3.05) is 0 Å². The van der Waals surface area contributed by atoms with E-state index in [1.54, 1.807) is 6.07 Å². The van der Waals surface area contributed by atoms with E-state index in [0.29, 0.717) is 16.4 Å². The molecule has 4 nitrogen and oxygen atoms in total. The van der Waals surface area contributed by atoms with Gasteiger partial charge in [0.05, 0.1) is 11.9 Å². The van der Waals surface area contributed by atoms with Crippen molar-refractivity contribution in [2.45, 2.75) is 0 Å². The fourth-order valence-corrected chi connectivity index (χ4v) is 1.99. The van der Waals surface area contributed by atoms with E-state index >= 15 is 0 Å². The highest BCUT2D eigenvalue weighted by Crippen LogP contribution is 2.23. The number of hydrogen-bond acceptors (Lipinski definition) is 3. The molecule has 3 rings (SSSR count). The average Bonchev–Trinajstić information content (AvgIpc) is 2.83. The summed E-state index contributed by atoms with van der Waals surface area (Å²) in [7, 11) is 0. The molecule has 0 fully saturated rings. The number of nitriles is 1. The van der Waals surface area contributed by atoms with Crippen LogP contribution in [0.2, 0.25) is 5.15 Å². The summed E-state index contributed by atoms with van der Waals surface area (Å²) in [6, 6.07) is 13.5. The fraction of sp³-hybridized carbons (Fsp3) is 0. The summed E-state index contributed by atoms with van der Waals surface area (Å²) in [5.41, 5.74) is 2.57. The van der Waals surface area contributed by atoms with E-state index in [1.165, 1.54) is 10.7 Å². The monoisotopic (exact) mass is 254 g/mol. The molecule has 3 aromatic rings. The molecule has 0 amide bonds. The van der Waals surface area contributed by atoms with Gasteiger partial charge in [0.1, 0.15) is 16.8 Å². The van der Waals surface area contributed by atoms with Gasteiger partial charge in [0.2, 0.25) is 0 Å². The largest absolute Gasteiger partial charge is 0.227 e. The van der Waals surface area contributed by atoms with Crippen molar-refractivity contribution in [3.63, 3.8) is 0 Å². The third-order valence-electron chi connectivity index (χ3n) is 2.62. The quantitative estimate of drug-likeness (QED) is 0.628. The topological polar surface area (TPSA) is 54.0 Å². The van der Waals surface area contributed by atoms with Gasteiger partial charge in [-0.1, -0.05) is 41.9 Å². The summed E-state index contributed by atoms with van der Waals surface area (Å²) < 4.78 is 1.45. The third-order valence-corrected chi connectivity index (χ3v) is 2.89. The Bertz CT molecular complexity index is 756. The van der Waals surface area contributed by atoms with Crippen LogP contribution in [0.25, 0.3) is 16.9 Å². The molecule has 0 N–H and O–H groups in total. The van der Waals surface area contributed by atoms with Crippen LogP contribution in [0, 0.1) is 11.3 Å². The number of rotatable bonds is 1. The zero-order chi connectivity index (χ0) is 12.5. The Labute approximate surface area is 108 Å². The molecule has 0 saturated heterocycles. The first-order chi connectivity index (χ1) is 8.79. The first-order valence-electron chi connectivity index (χ1n) is 5.29. The zero-order valence-electron chi connectivity index (χ0n) is 9.21. The molecule has 0 aliphatic rings. The van der Waals surface area contributed by atoms with Crippen LogP contribution in [0.4, 0.5) is 0 Å². The molecule has 0 radical (unpaired) electrons. The highest BCUT2D eigenvalue weighted by molar-refractivity contribution is 6.30. The van der Waals surface area contributed by atoms with E-state index in [1.807, 2.05) is 30.3 Å². The molecule has 5 heteroatoms. The highest BCUT2D eigenvalue weighted by Gasteiger charge is 2.10. The maximum atomic E-state index is 8.99. The standard InChI is InChI=1S/C13H7ClN4/c14-12-6-11(9-4-2-1-3-5-9)17-13-10(7-15)8-16-18(12)13/h1-6,8H. The normalized spacial score (nSPS) is 10.4. The number of aromatic nitrogens is 3. The van der Waals surface area contributed by atoms with Crippen molar-refractivity contribution >= 4 is 17.2 Å². The summed E-state index contributed by atoms with van der Waals surface area (Å²) in [5.74, 6) is 0. The van der Waals surface area contributed by atoms with Gasteiger partial charge in [0, 0.05) is 11.6 Å². The van der Waals surface area contributed by atoms with E-state index in [2.05, 4.69) is 16.2 Å². The smallest absolute Gasteiger partial charge is 0.175 e. The summed E-state index contributed by atoms with van der Waals surface area (Å²) in [4.78, 5) is 4.43. The molecule has 1 aromatic carbocycles. The second-order valence-corrected chi connectivity index (χ2v) is 4.12. The average molecular weight is 255 g/mol. The lowest BCUT2D eigenvalue weighted by Gasteiger charge is -2.03. The summed E-state index contributed by atoms with van der Waals surface area (Å²) >= 11 is 6.13. The lowest BCUT2D eigenvalue weighted by atomic mass is 10.1. The Kier molecular flexibility index (Phi) is 2.47. The van der Waals surface area contributed by atoms with Gasteiger partial charge in [-0.15, -0.1) is 0 Å². The van der Waals surface area contributed by atoms with Gasteiger partial charge in [-0.3, -0.25) is 0 Å². The molecule has 0 spiro atoms. The van der Waals surface area contributed by atoms with Crippen molar-refractivity contribution in [3.05, 3.63) is 53.3 Å². The highest BCUT2D eigenvalue weighted by atomic mass is 35.5. The molecule has 2 heterocycles. The molecule has 2 aromatic heterocycles. The number of nitrogens with zero attached hydrogens (tertiary/aromatic N) is 4. The molecular weight excluding hydrogens is 248 g/mol. The van der Waals surface area contributed by atoms with Crippen LogP contribution in [-0.4, -0.2) is 14.6 Å². The van der Waals surface area contributed by atoms with E-state index in [-0.39, 0.29) is 0 Å². The predicted molar refractivity (Wildman–Crippen MR) is 68.1 cm³/mol. The minimum Gasteiger partial charge on any atom is -0.227 e. The number of hydrogen-bond donors (Lipinski definition) is 0. The summed E-state index contributed by atoms with van der Waals surface area (Å²) in [5, 5.41) is 13.4. The minimum absolute atomic E-state index is 0.412. The van der Waals surface area contributed by atoms with E-state index in [4.69, 9.17) is 16.9 Å². The maximum absolute atomic E-state index is 8.99. The molecule has 0 unspecified atom stereocenters. The summed E-state index contributed by atoms with van der Waals surface area (Å²) in [6.07, 6.45) is 1.46. The Morgan fingerprint density at radius 3 is 2.72 bits per heavy atom. The minimum atomic E-state index is 0.412. The molecule has 0 bridgehead atoms. The Morgan fingerprint density at radius 1 is 1.22 bits per heavy atom. The summed E-state index contributed by atoms with van der Waals surface area (Å²) in [6.45, 7) is 0. The van der Waals surface area contributed by atoms with Crippen LogP contribution in [0.5, 0.6) is 0 Å². The zero-order valence-corrected chi connectivity index (χ0v) is 9.96. The number of benzene rings is 1. The van der Waals surface area contributed by atoms with Crippen LogP contribution < -0.4 is 0 Å². The van der Waals surface area contributed by atoms with Crippen LogP contribution in [0.1, 0.15) is 5.56 Å². The lowest BCUT2D eigenvalue weighted by Crippen LogP contribution is -1.95.